The molecule has 2 rings (SSSR count). The van der Waals surface area contributed by atoms with Gasteiger partial charge >= 0.3 is 0 Å². The zero-order valence-electron chi connectivity index (χ0n) is 9.80. The van der Waals surface area contributed by atoms with Crippen molar-refractivity contribution in [1.82, 2.24) is 14.7 Å². The van der Waals surface area contributed by atoms with Gasteiger partial charge in [0, 0.05) is 29.5 Å². The first-order valence-corrected chi connectivity index (χ1v) is 7.59. The normalized spacial score (nSPS) is 11.9. The quantitative estimate of drug-likeness (QED) is 0.753. The number of nitrogens with two attached hydrogens (primary N) is 1. The van der Waals surface area contributed by atoms with Crippen molar-refractivity contribution in [2.24, 2.45) is 5.73 Å². The average Bonchev–Trinajstić information content (AvgIpc) is 2.95. The number of thiazole rings is 1. The fourth-order valence-electron chi connectivity index (χ4n) is 1.42. The minimum atomic E-state index is -3.51. The molecule has 0 aliphatic rings. The van der Waals surface area contributed by atoms with Crippen LogP contribution in [0.2, 0.25) is 0 Å². The van der Waals surface area contributed by atoms with Crippen molar-refractivity contribution in [2.45, 2.75) is 24.9 Å². The third-order valence-electron chi connectivity index (χ3n) is 2.33. The number of aromatic amines is 1. The van der Waals surface area contributed by atoms with Crippen LogP contribution in [0.25, 0.3) is 0 Å². The van der Waals surface area contributed by atoms with E-state index in [1.54, 1.807) is 6.20 Å². The van der Waals surface area contributed by atoms with Gasteiger partial charge in [0.25, 0.3) is 0 Å². The van der Waals surface area contributed by atoms with Crippen LogP contribution in [0.3, 0.4) is 0 Å². The lowest BCUT2D eigenvalue weighted by atomic mass is 10.4. The second-order valence-corrected chi connectivity index (χ2v) is 6.84. The molecule has 18 heavy (non-hydrogen) atoms. The number of sulfonamides is 1. The van der Waals surface area contributed by atoms with Crippen LogP contribution < -0.4 is 10.5 Å². The molecule has 0 fully saturated rings. The third-order valence-corrected chi connectivity index (χ3v) is 4.62. The average molecular weight is 286 g/mol. The summed E-state index contributed by atoms with van der Waals surface area (Å²) in [5.41, 5.74) is 6.10. The minimum Gasteiger partial charge on any atom is -0.363 e. The van der Waals surface area contributed by atoms with E-state index in [0.717, 1.165) is 9.88 Å². The van der Waals surface area contributed by atoms with Crippen LogP contribution in [0.1, 0.15) is 15.6 Å². The van der Waals surface area contributed by atoms with Crippen LogP contribution in [0, 0.1) is 6.92 Å². The Kier molecular flexibility index (Phi) is 3.81. The summed E-state index contributed by atoms with van der Waals surface area (Å²) in [7, 11) is -3.51. The fourth-order valence-corrected chi connectivity index (χ4v) is 3.24. The number of H-pyrrole nitrogens is 1. The lowest BCUT2D eigenvalue weighted by molar-refractivity contribution is 0.581. The molecular formula is C10H14N4O2S2. The van der Waals surface area contributed by atoms with Gasteiger partial charge in [-0.1, -0.05) is 0 Å². The van der Waals surface area contributed by atoms with Crippen molar-refractivity contribution in [2.75, 3.05) is 0 Å². The molecule has 6 nitrogen and oxygen atoms in total. The van der Waals surface area contributed by atoms with E-state index in [0.29, 0.717) is 5.69 Å². The van der Waals surface area contributed by atoms with Gasteiger partial charge < -0.3 is 10.7 Å². The summed E-state index contributed by atoms with van der Waals surface area (Å²) in [6.07, 6.45) is 3.15. The van der Waals surface area contributed by atoms with Crippen LogP contribution in [0.5, 0.6) is 0 Å². The predicted octanol–water partition coefficient (Wildman–Crippen LogP) is 0.717. The molecule has 0 amide bonds. The summed E-state index contributed by atoms with van der Waals surface area (Å²) in [4.78, 5) is 8.15. The van der Waals surface area contributed by atoms with Gasteiger partial charge in [0.15, 0.2) is 0 Å². The van der Waals surface area contributed by atoms with Crippen molar-refractivity contribution in [3.63, 3.8) is 0 Å². The number of aromatic nitrogens is 2. The Bertz CT molecular complexity index is 630. The van der Waals surface area contributed by atoms with E-state index in [-0.39, 0.29) is 18.0 Å². The van der Waals surface area contributed by atoms with E-state index in [1.165, 1.54) is 23.6 Å². The van der Waals surface area contributed by atoms with Gasteiger partial charge in [-0.3, -0.25) is 0 Å². The minimum absolute atomic E-state index is 0.191. The topological polar surface area (TPSA) is 101 Å². The van der Waals surface area contributed by atoms with E-state index < -0.39 is 10.0 Å². The van der Waals surface area contributed by atoms with Gasteiger partial charge in [0.05, 0.1) is 11.4 Å². The Morgan fingerprint density at radius 3 is 2.89 bits per heavy atom. The first-order chi connectivity index (χ1) is 8.51. The highest BCUT2D eigenvalue weighted by Gasteiger charge is 2.16. The molecule has 0 saturated heterocycles. The van der Waals surface area contributed by atoms with Gasteiger partial charge in [-0.05, 0) is 13.0 Å². The molecule has 2 heterocycles. The highest BCUT2D eigenvalue weighted by Crippen LogP contribution is 2.14. The van der Waals surface area contributed by atoms with Gasteiger partial charge in [-0.25, -0.2) is 18.1 Å². The largest absolute Gasteiger partial charge is 0.363 e. The third kappa shape index (κ3) is 2.96. The van der Waals surface area contributed by atoms with Crippen molar-refractivity contribution in [3.05, 3.63) is 34.0 Å². The number of aryl methyl sites for hydroxylation is 1. The lowest BCUT2D eigenvalue weighted by Gasteiger charge is -2.02. The lowest BCUT2D eigenvalue weighted by Crippen LogP contribution is -2.22. The second-order valence-electron chi connectivity index (χ2n) is 3.75. The maximum atomic E-state index is 11.9. The molecule has 8 heteroatoms. The molecule has 0 aliphatic heterocycles. The highest BCUT2D eigenvalue weighted by atomic mass is 32.2. The number of hydrogen-bond acceptors (Lipinski definition) is 5. The molecular weight excluding hydrogens is 272 g/mol. The van der Waals surface area contributed by atoms with Crippen molar-refractivity contribution >= 4 is 21.4 Å². The molecule has 4 N–H and O–H groups in total. The number of hydrogen-bond donors (Lipinski definition) is 3. The SMILES string of the molecule is Cc1cnc(CNS(=O)(=O)c2c[nH]c(CN)c2)s1. The summed E-state index contributed by atoms with van der Waals surface area (Å²) in [6.45, 7) is 2.40. The predicted molar refractivity (Wildman–Crippen MR) is 69.6 cm³/mol. The molecule has 0 spiro atoms. The summed E-state index contributed by atoms with van der Waals surface area (Å²) in [5, 5.41) is 0.741. The van der Waals surface area contributed by atoms with E-state index in [9.17, 15) is 8.42 Å². The molecule has 0 unspecified atom stereocenters. The Morgan fingerprint density at radius 1 is 1.56 bits per heavy atom. The number of nitrogens with one attached hydrogen (secondary N) is 2. The van der Waals surface area contributed by atoms with Crippen LogP contribution in [-0.4, -0.2) is 18.4 Å². The van der Waals surface area contributed by atoms with Crippen LogP contribution in [0.4, 0.5) is 0 Å². The van der Waals surface area contributed by atoms with Gasteiger partial charge in [-0.15, -0.1) is 11.3 Å². The molecule has 0 aliphatic carbocycles. The molecule has 0 aromatic carbocycles. The van der Waals surface area contributed by atoms with E-state index >= 15 is 0 Å². The Morgan fingerprint density at radius 2 is 2.33 bits per heavy atom. The van der Waals surface area contributed by atoms with E-state index in [2.05, 4.69) is 14.7 Å². The van der Waals surface area contributed by atoms with Gasteiger partial charge in [0.2, 0.25) is 10.0 Å². The summed E-state index contributed by atoms with van der Waals surface area (Å²) >= 11 is 1.47. The van der Waals surface area contributed by atoms with Crippen molar-refractivity contribution in [3.8, 4) is 0 Å². The maximum absolute atomic E-state index is 11.9. The van der Waals surface area contributed by atoms with Gasteiger partial charge in [0.1, 0.15) is 5.01 Å². The standard InChI is InChI=1S/C10H14N4O2S2/c1-7-4-13-10(17-7)6-14-18(15,16)9-2-8(3-11)12-5-9/h2,4-5,12,14H,3,6,11H2,1H3. The highest BCUT2D eigenvalue weighted by molar-refractivity contribution is 7.89. The number of rotatable bonds is 5. The first kappa shape index (κ1) is 13.2. The van der Waals surface area contributed by atoms with E-state index in [1.807, 2.05) is 6.92 Å². The van der Waals surface area contributed by atoms with Crippen LogP contribution in [0.15, 0.2) is 23.4 Å². The zero-order valence-corrected chi connectivity index (χ0v) is 11.4. The zero-order chi connectivity index (χ0) is 13.2. The molecule has 0 saturated carbocycles. The molecule has 0 bridgehead atoms. The van der Waals surface area contributed by atoms with Crippen LogP contribution >= 0.6 is 11.3 Å². The second kappa shape index (κ2) is 5.19. The van der Waals surface area contributed by atoms with Gasteiger partial charge in [-0.2, -0.15) is 0 Å². The van der Waals surface area contributed by atoms with E-state index in [4.69, 9.17) is 5.73 Å². The molecule has 0 radical (unpaired) electrons. The van der Waals surface area contributed by atoms with Crippen LogP contribution in [-0.2, 0) is 23.1 Å². The number of nitrogens with zero attached hydrogens (tertiary/aromatic N) is 1. The summed E-state index contributed by atoms with van der Waals surface area (Å²) in [6, 6.07) is 1.52. The molecule has 0 atom stereocenters. The summed E-state index contributed by atoms with van der Waals surface area (Å²) < 4.78 is 26.4. The Labute approximate surface area is 109 Å². The molecule has 2 aromatic heterocycles. The fraction of sp³-hybridized carbons (Fsp3) is 0.300. The molecule has 98 valence electrons. The smallest absolute Gasteiger partial charge is 0.242 e. The molecule has 2 aromatic rings. The Balaban J connectivity index is 2.07. The van der Waals surface area contributed by atoms with Crippen molar-refractivity contribution in [1.29, 1.82) is 0 Å². The Hall–Kier alpha value is -1.22. The van der Waals surface area contributed by atoms with Crippen molar-refractivity contribution < 1.29 is 8.42 Å². The first-order valence-electron chi connectivity index (χ1n) is 5.29. The monoisotopic (exact) mass is 286 g/mol. The summed E-state index contributed by atoms with van der Waals surface area (Å²) in [5.74, 6) is 0. The maximum Gasteiger partial charge on any atom is 0.242 e.